The van der Waals surface area contributed by atoms with E-state index in [4.69, 9.17) is 0 Å². The van der Waals surface area contributed by atoms with Crippen LogP contribution in [0.2, 0.25) is 0 Å². The van der Waals surface area contributed by atoms with Crippen molar-refractivity contribution < 1.29 is 0 Å². The fourth-order valence-corrected chi connectivity index (χ4v) is 4.39. The Bertz CT molecular complexity index is 275. The molecule has 1 aliphatic carbocycles. The van der Waals surface area contributed by atoms with Crippen LogP contribution >= 0.6 is 0 Å². The van der Waals surface area contributed by atoms with Crippen LogP contribution in [0, 0.1) is 23.7 Å². The van der Waals surface area contributed by atoms with E-state index in [2.05, 4.69) is 46.6 Å². The lowest BCUT2D eigenvalue weighted by Gasteiger charge is -2.32. The number of hydrogen-bond donors (Lipinski definition) is 0. The number of rotatable bonds is 9. The zero-order valence-electron chi connectivity index (χ0n) is 16.4. The predicted octanol–water partition coefficient (Wildman–Crippen LogP) is 6.38. The summed E-state index contributed by atoms with van der Waals surface area (Å²) >= 11 is 0. The monoisotopic (exact) mass is 309 g/mol. The summed E-state index contributed by atoms with van der Waals surface area (Å²) < 4.78 is 0. The summed E-state index contributed by atoms with van der Waals surface area (Å²) in [6, 6.07) is 0.855. The van der Waals surface area contributed by atoms with Crippen molar-refractivity contribution in [2.45, 2.75) is 98.4 Å². The van der Waals surface area contributed by atoms with Gasteiger partial charge in [-0.2, -0.15) is 0 Å². The molecule has 132 valence electrons. The Balaban J connectivity index is 2.44. The first-order chi connectivity index (χ1) is 10.5. The Morgan fingerprint density at radius 3 is 2.32 bits per heavy atom. The van der Waals surface area contributed by atoms with Gasteiger partial charge in [0, 0.05) is 6.04 Å². The van der Waals surface area contributed by atoms with Crippen molar-refractivity contribution in [3.63, 3.8) is 0 Å². The van der Waals surface area contributed by atoms with Gasteiger partial charge in [0.2, 0.25) is 0 Å². The molecule has 0 N–H and O–H groups in total. The molecule has 0 saturated heterocycles. The highest BCUT2D eigenvalue weighted by Crippen LogP contribution is 2.37. The highest BCUT2D eigenvalue weighted by molar-refractivity contribution is 4.81. The van der Waals surface area contributed by atoms with Crippen molar-refractivity contribution in [3.05, 3.63) is 0 Å². The zero-order valence-corrected chi connectivity index (χ0v) is 16.4. The summed E-state index contributed by atoms with van der Waals surface area (Å²) in [6.45, 7) is 13.4. The maximum atomic E-state index is 2.67. The van der Waals surface area contributed by atoms with Gasteiger partial charge in [0.15, 0.2) is 0 Å². The van der Waals surface area contributed by atoms with Crippen LogP contribution in [-0.4, -0.2) is 24.5 Å². The van der Waals surface area contributed by atoms with Crippen molar-refractivity contribution in [2.75, 3.05) is 13.6 Å². The number of hydrogen-bond acceptors (Lipinski definition) is 1. The molecule has 1 saturated carbocycles. The summed E-state index contributed by atoms with van der Waals surface area (Å²) in [5, 5.41) is 0. The number of unbranched alkanes of at least 4 members (excludes halogenated alkanes) is 2. The van der Waals surface area contributed by atoms with E-state index in [0.29, 0.717) is 0 Å². The summed E-state index contributed by atoms with van der Waals surface area (Å²) in [6.07, 6.45) is 12.7. The predicted molar refractivity (Wildman–Crippen MR) is 100 cm³/mol. The molecular formula is C21H43N. The highest BCUT2D eigenvalue weighted by atomic mass is 15.1. The van der Waals surface area contributed by atoms with Crippen LogP contribution in [0.4, 0.5) is 0 Å². The van der Waals surface area contributed by atoms with Crippen molar-refractivity contribution in [2.24, 2.45) is 23.7 Å². The zero-order chi connectivity index (χ0) is 16.5. The van der Waals surface area contributed by atoms with Crippen LogP contribution in [-0.2, 0) is 0 Å². The van der Waals surface area contributed by atoms with E-state index < -0.39 is 0 Å². The molecular weight excluding hydrogens is 266 g/mol. The van der Waals surface area contributed by atoms with Crippen molar-refractivity contribution in [1.29, 1.82) is 0 Å². The van der Waals surface area contributed by atoms with Crippen LogP contribution in [0.1, 0.15) is 92.4 Å². The summed E-state index contributed by atoms with van der Waals surface area (Å²) in [4.78, 5) is 2.67. The first-order valence-corrected chi connectivity index (χ1v) is 10.2. The standard InChI is InChI=1S/C21H43N/c1-7-9-10-16-22(6)21-13-11-12-20(14-15-21)19(5)18(4)17(3)8-2/h17-21H,7-16H2,1-6H3. The van der Waals surface area contributed by atoms with Crippen molar-refractivity contribution in [3.8, 4) is 0 Å². The third-order valence-corrected chi connectivity index (χ3v) is 6.84. The van der Waals surface area contributed by atoms with E-state index in [-0.39, 0.29) is 0 Å². The summed E-state index contributed by atoms with van der Waals surface area (Å²) in [5.74, 6) is 3.64. The molecule has 1 nitrogen and oxygen atoms in total. The minimum Gasteiger partial charge on any atom is -0.303 e. The van der Waals surface area contributed by atoms with Crippen LogP contribution < -0.4 is 0 Å². The van der Waals surface area contributed by atoms with Gasteiger partial charge in [-0.15, -0.1) is 0 Å². The molecule has 22 heavy (non-hydrogen) atoms. The third kappa shape index (κ3) is 6.22. The lowest BCUT2D eigenvalue weighted by atomic mass is 9.74. The Morgan fingerprint density at radius 1 is 0.955 bits per heavy atom. The molecule has 5 atom stereocenters. The van der Waals surface area contributed by atoms with E-state index >= 15 is 0 Å². The highest BCUT2D eigenvalue weighted by Gasteiger charge is 2.29. The first kappa shape index (κ1) is 20.0. The van der Waals surface area contributed by atoms with Gasteiger partial charge in [-0.3, -0.25) is 0 Å². The average molecular weight is 310 g/mol. The van der Waals surface area contributed by atoms with Crippen LogP contribution in [0.5, 0.6) is 0 Å². The topological polar surface area (TPSA) is 3.24 Å². The van der Waals surface area contributed by atoms with Crippen molar-refractivity contribution in [1.82, 2.24) is 4.90 Å². The molecule has 0 amide bonds. The second-order valence-electron chi connectivity index (χ2n) is 8.21. The van der Waals surface area contributed by atoms with E-state index in [9.17, 15) is 0 Å². The molecule has 0 bridgehead atoms. The quantitative estimate of drug-likeness (QED) is 0.353. The van der Waals surface area contributed by atoms with E-state index in [1.165, 1.54) is 64.3 Å². The van der Waals surface area contributed by atoms with E-state index in [1.54, 1.807) is 0 Å². The molecule has 0 aromatic carbocycles. The Kier molecular flexibility index (Phi) is 9.71. The lowest BCUT2D eigenvalue weighted by molar-refractivity contribution is 0.175. The molecule has 0 aromatic rings. The van der Waals surface area contributed by atoms with E-state index in [0.717, 1.165) is 29.7 Å². The van der Waals surface area contributed by atoms with Gasteiger partial charge in [0.25, 0.3) is 0 Å². The van der Waals surface area contributed by atoms with Gasteiger partial charge < -0.3 is 4.90 Å². The second-order valence-corrected chi connectivity index (χ2v) is 8.21. The Labute approximate surface area is 141 Å². The van der Waals surface area contributed by atoms with Crippen molar-refractivity contribution >= 4 is 0 Å². The molecule has 0 aliphatic heterocycles. The van der Waals surface area contributed by atoms with Crippen LogP contribution in [0.25, 0.3) is 0 Å². The molecule has 0 spiro atoms. The van der Waals surface area contributed by atoms with Gasteiger partial charge in [-0.05, 0) is 62.9 Å². The van der Waals surface area contributed by atoms with Gasteiger partial charge in [0.1, 0.15) is 0 Å². The minimum atomic E-state index is 0.855. The largest absolute Gasteiger partial charge is 0.303 e. The summed E-state index contributed by atoms with van der Waals surface area (Å²) in [7, 11) is 2.37. The second kappa shape index (κ2) is 10.7. The Morgan fingerprint density at radius 2 is 1.68 bits per heavy atom. The minimum absolute atomic E-state index is 0.855. The SMILES string of the molecule is CCCCCN(C)C1CCCC(C(C)C(C)C(C)CC)CC1. The molecule has 0 heterocycles. The fourth-order valence-electron chi connectivity index (χ4n) is 4.39. The maximum absolute atomic E-state index is 2.67. The van der Waals surface area contributed by atoms with Crippen LogP contribution in [0.3, 0.4) is 0 Å². The third-order valence-electron chi connectivity index (χ3n) is 6.84. The van der Waals surface area contributed by atoms with Gasteiger partial charge in [0.05, 0.1) is 0 Å². The molecule has 1 rings (SSSR count). The molecule has 5 unspecified atom stereocenters. The summed E-state index contributed by atoms with van der Waals surface area (Å²) in [5.41, 5.74) is 0. The van der Waals surface area contributed by atoms with Crippen LogP contribution in [0.15, 0.2) is 0 Å². The molecule has 0 radical (unpaired) electrons. The van der Waals surface area contributed by atoms with Gasteiger partial charge in [-0.25, -0.2) is 0 Å². The van der Waals surface area contributed by atoms with E-state index in [1.807, 2.05) is 0 Å². The molecule has 0 aromatic heterocycles. The first-order valence-electron chi connectivity index (χ1n) is 10.2. The molecule has 1 fully saturated rings. The fraction of sp³-hybridized carbons (Fsp3) is 1.00. The Hall–Kier alpha value is -0.0400. The average Bonchev–Trinajstić information content (AvgIpc) is 2.78. The lowest BCUT2D eigenvalue weighted by Crippen LogP contribution is -2.32. The van der Waals surface area contributed by atoms with Gasteiger partial charge in [-0.1, -0.05) is 66.7 Å². The van der Waals surface area contributed by atoms with Gasteiger partial charge >= 0.3 is 0 Å². The normalized spacial score (nSPS) is 27.4. The molecule has 1 heteroatoms. The smallest absolute Gasteiger partial charge is 0.00923 e. The number of nitrogens with zero attached hydrogens (tertiary/aromatic N) is 1. The molecule has 1 aliphatic rings. The maximum Gasteiger partial charge on any atom is 0.00923 e.